The van der Waals surface area contributed by atoms with E-state index in [1.54, 1.807) is 0 Å². The Balaban J connectivity index is 1.89. The fraction of sp³-hybridized carbons (Fsp3) is 0.400. The molecule has 1 saturated heterocycles. The summed E-state index contributed by atoms with van der Waals surface area (Å²) < 4.78 is 5.45. The monoisotopic (exact) mass is 258 g/mol. The Hall–Kier alpha value is -1.81. The quantitative estimate of drug-likeness (QED) is 0.899. The van der Waals surface area contributed by atoms with Gasteiger partial charge in [-0.05, 0) is 30.7 Å². The standard InChI is InChI=1S/C15H18N2O2/c1-2-13-10-19-8-7-17(13)15(18)12-3-4-14-11(9-12)5-6-16-14/h3-6,9,13,16H,2,7-8,10H2,1H3. The van der Waals surface area contributed by atoms with E-state index in [9.17, 15) is 4.79 Å². The van der Waals surface area contributed by atoms with E-state index in [1.807, 2.05) is 35.4 Å². The zero-order chi connectivity index (χ0) is 13.2. The lowest BCUT2D eigenvalue weighted by atomic mass is 10.1. The summed E-state index contributed by atoms with van der Waals surface area (Å²) in [5.41, 5.74) is 1.82. The average molecular weight is 258 g/mol. The molecule has 1 N–H and O–H groups in total. The third-order valence-electron chi connectivity index (χ3n) is 3.76. The fourth-order valence-corrected chi connectivity index (χ4v) is 2.61. The number of aromatic nitrogens is 1. The Morgan fingerprint density at radius 2 is 2.37 bits per heavy atom. The van der Waals surface area contributed by atoms with Gasteiger partial charge in [0.2, 0.25) is 0 Å². The van der Waals surface area contributed by atoms with Crippen LogP contribution in [0.2, 0.25) is 0 Å². The van der Waals surface area contributed by atoms with Crippen molar-refractivity contribution in [2.75, 3.05) is 19.8 Å². The van der Waals surface area contributed by atoms with Crippen LogP contribution in [-0.2, 0) is 4.74 Å². The number of hydrogen-bond donors (Lipinski definition) is 1. The molecule has 1 aliphatic rings. The molecule has 4 heteroatoms. The number of ether oxygens (including phenoxy) is 1. The normalized spacial score (nSPS) is 19.8. The molecule has 0 bridgehead atoms. The summed E-state index contributed by atoms with van der Waals surface area (Å²) in [4.78, 5) is 17.7. The third-order valence-corrected chi connectivity index (χ3v) is 3.76. The van der Waals surface area contributed by atoms with Crippen LogP contribution in [0.4, 0.5) is 0 Å². The topological polar surface area (TPSA) is 45.3 Å². The van der Waals surface area contributed by atoms with Crippen LogP contribution in [0.5, 0.6) is 0 Å². The first-order chi connectivity index (χ1) is 9.29. The summed E-state index contributed by atoms with van der Waals surface area (Å²) in [7, 11) is 0. The maximum atomic E-state index is 12.6. The van der Waals surface area contributed by atoms with Gasteiger partial charge in [-0.25, -0.2) is 0 Å². The summed E-state index contributed by atoms with van der Waals surface area (Å²) in [6, 6.07) is 8.00. The van der Waals surface area contributed by atoms with Gasteiger partial charge >= 0.3 is 0 Å². The Labute approximate surface area is 112 Å². The molecule has 1 fully saturated rings. The molecule has 1 aromatic heterocycles. The number of H-pyrrole nitrogens is 1. The van der Waals surface area contributed by atoms with Gasteiger partial charge in [0, 0.05) is 29.2 Å². The molecule has 4 nitrogen and oxygen atoms in total. The number of carbonyl (C=O) groups excluding carboxylic acids is 1. The number of morpholine rings is 1. The van der Waals surface area contributed by atoms with Crippen LogP contribution in [0, 0.1) is 0 Å². The van der Waals surface area contributed by atoms with E-state index in [4.69, 9.17) is 4.74 Å². The van der Waals surface area contributed by atoms with Crippen molar-refractivity contribution in [2.45, 2.75) is 19.4 Å². The Morgan fingerprint density at radius 3 is 3.21 bits per heavy atom. The predicted molar refractivity (Wildman–Crippen MR) is 74.2 cm³/mol. The lowest BCUT2D eigenvalue weighted by Crippen LogP contribution is -2.48. The lowest BCUT2D eigenvalue weighted by molar-refractivity contribution is -0.00278. The molecule has 3 rings (SSSR count). The molecule has 100 valence electrons. The smallest absolute Gasteiger partial charge is 0.254 e. The van der Waals surface area contributed by atoms with Gasteiger partial charge in [0.05, 0.1) is 19.3 Å². The molecule has 0 radical (unpaired) electrons. The molecule has 0 spiro atoms. The molecule has 0 saturated carbocycles. The predicted octanol–water partition coefficient (Wildman–Crippen LogP) is 2.42. The largest absolute Gasteiger partial charge is 0.377 e. The van der Waals surface area contributed by atoms with Gasteiger partial charge in [-0.2, -0.15) is 0 Å². The zero-order valence-corrected chi connectivity index (χ0v) is 11.1. The van der Waals surface area contributed by atoms with Crippen LogP contribution in [0.25, 0.3) is 10.9 Å². The zero-order valence-electron chi connectivity index (χ0n) is 11.1. The number of fused-ring (bicyclic) bond motifs is 1. The molecular weight excluding hydrogens is 240 g/mol. The first-order valence-corrected chi connectivity index (χ1v) is 6.75. The molecule has 1 amide bonds. The number of carbonyl (C=O) groups is 1. The van der Waals surface area contributed by atoms with Gasteiger partial charge in [-0.1, -0.05) is 6.92 Å². The minimum absolute atomic E-state index is 0.109. The van der Waals surface area contributed by atoms with E-state index in [0.717, 1.165) is 22.9 Å². The molecule has 2 aromatic rings. The maximum absolute atomic E-state index is 12.6. The second-order valence-electron chi connectivity index (χ2n) is 4.92. The number of nitrogens with zero attached hydrogens (tertiary/aromatic N) is 1. The first-order valence-electron chi connectivity index (χ1n) is 6.75. The second kappa shape index (κ2) is 5.05. The molecule has 1 aliphatic heterocycles. The Morgan fingerprint density at radius 1 is 1.47 bits per heavy atom. The fourth-order valence-electron chi connectivity index (χ4n) is 2.61. The molecule has 1 unspecified atom stereocenters. The van der Waals surface area contributed by atoms with Gasteiger partial charge in [-0.3, -0.25) is 4.79 Å². The summed E-state index contributed by atoms with van der Waals surface area (Å²) in [5, 5.41) is 1.08. The minimum Gasteiger partial charge on any atom is -0.377 e. The van der Waals surface area contributed by atoms with Crippen molar-refractivity contribution < 1.29 is 9.53 Å². The lowest BCUT2D eigenvalue weighted by Gasteiger charge is -2.35. The van der Waals surface area contributed by atoms with Crippen molar-refractivity contribution in [1.29, 1.82) is 0 Å². The SMILES string of the molecule is CCC1COCCN1C(=O)c1ccc2[nH]ccc2c1. The van der Waals surface area contributed by atoms with Crippen LogP contribution in [0.15, 0.2) is 30.5 Å². The number of benzene rings is 1. The summed E-state index contributed by atoms with van der Waals surface area (Å²) in [5.74, 6) is 0.109. The van der Waals surface area contributed by atoms with E-state index >= 15 is 0 Å². The van der Waals surface area contributed by atoms with Crippen LogP contribution >= 0.6 is 0 Å². The number of aromatic amines is 1. The molecule has 2 heterocycles. The Kier molecular flexibility index (Phi) is 3.25. The van der Waals surface area contributed by atoms with E-state index in [0.29, 0.717) is 19.8 Å². The first kappa shape index (κ1) is 12.2. The van der Waals surface area contributed by atoms with E-state index in [1.165, 1.54) is 0 Å². The van der Waals surface area contributed by atoms with Gasteiger partial charge in [0.1, 0.15) is 0 Å². The number of hydrogen-bond acceptors (Lipinski definition) is 2. The number of nitrogens with one attached hydrogen (secondary N) is 1. The van der Waals surface area contributed by atoms with E-state index < -0.39 is 0 Å². The van der Waals surface area contributed by atoms with E-state index in [2.05, 4.69) is 11.9 Å². The maximum Gasteiger partial charge on any atom is 0.254 e. The Bertz CT molecular complexity index is 591. The van der Waals surface area contributed by atoms with Crippen molar-refractivity contribution in [3.8, 4) is 0 Å². The van der Waals surface area contributed by atoms with E-state index in [-0.39, 0.29) is 11.9 Å². The summed E-state index contributed by atoms with van der Waals surface area (Å²) >= 11 is 0. The minimum atomic E-state index is 0.109. The van der Waals surface area contributed by atoms with Gasteiger partial charge in [0.15, 0.2) is 0 Å². The van der Waals surface area contributed by atoms with Crippen LogP contribution < -0.4 is 0 Å². The van der Waals surface area contributed by atoms with Crippen molar-refractivity contribution in [3.05, 3.63) is 36.0 Å². The second-order valence-corrected chi connectivity index (χ2v) is 4.92. The van der Waals surface area contributed by atoms with Crippen LogP contribution in [-0.4, -0.2) is 41.6 Å². The van der Waals surface area contributed by atoms with Crippen LogP contribution in [0.1, 0.15) is 23.7 Å². The average Bonchev–Trinajstić information content (AvgIpc) is 2.93. The summed E-state index contributed by atoms with van der Waals surface area (Å²) in [6.07, 6.45) is 2.82. The third kappa shape index (κ3) is 2.24. The van der Waals surface area contributed by atoms with Gasteiger partial charge < -0.3 is 14.6 Å². The molecule has 1 atom stereocenters. The molecular formula is C15H18N2O2. The highest BCUT2D eigenvalue weighted by Crippen LogP contribution is 2.19. The molecule has 1 aromatic carbocycles. The number of rotatable bonds is 2. The van der Waals surface area contributed by atoms with Gasteiger partial charge in [-0.15, -0.1) is 0 Å². The van der Waals surface area contributed by atoms with Crippen molar-refractivity contribution in [3.63, 3.8) is 0 Å². The molecule has 19 heavy (non-hydrogen) atoms. The highest BCUT2D eigenvalue weighted by atomic mass is 16.5. The molecule has 0 aliphatic carbocycles. The van der Waals surface area contributed by atoms with Crippen molar-refractivity contribution in [2.24, 2.45) is 0 Å². The summed E-state index contributed by atoms with van der Waals surface area (Å²) in [6.45, 7) is 4.06. The van der Waals surface area contributed by atoms with Crippen LogP contribution in [0.3, 0.4) is 0 Å². The van der Waals surface area contributed by atoms with Gasteiger partial charge in [0.25, 0.3) is 5.91 Å². The van der Waals surface area contributed by atoms with Crippen molar-refractivity contribution >= 4 is 16.8 Å². The number of amides is 1. The highest BCUT2D eigenvalue weighted by molar-refractivity contribution is 5.98. The van der Waals surface area contributed by atoms with Crippen molar-refractivity contribution in [1.82, 2.24) is 9.88 Å². The highest BCUT2D eigenvalue weighted by Gasteiger charge is 2.26.